The van der Waals surface area contributed by atoms with Crippen LogP contribution in [0.3, 0.4) is 0 Å². The quantitative estimate of drug-likeness (QED) is 0.194. The molecule has 0 aliphatic carbocycles. The van der Waals surface area contributed by atoms with Gasteiger partial charge in [-0.15, -0.1) is 11.3 Å². The summed E-state index contributed by atoms with van der Waals surface area (Å²) in [7, 11) is 0. The van der Waals surface area contributed by atoms with Crippen LogP contribution in [0.1, 0.15) is 0 Å². The Balaban J connectivity index is 1.16. The fourth-order valence-corrected chi connectivity index (χ4v) is 8.76. The van der Waals surface area contributed by atoms with Gasteiger partial charge in [-0.1, -0.05) is 97.1 Å². The van der Waals surface area contributed by atoms with Gasteiger partial charge in [0.1, 0.15) is 5.52 Å². The molecule has 4 aromatic heterocycles. The number of hydrogen-bond donors (Lipinski definition) is 0. The molecule has 4 nitrogen and oxygen atoms in total. The number of aromatic nitrogens is 3. The molecule has 0 atom stereocenters. The number of oxazole rings is 1. The van der Waals surface area contributed by atoms with E-state index in [1.165, 1.54) is 47.4 Å². The molecule has 224 valence electrons. The number of fused-ring (bicyclic) bond motifs is 11. The lowest BCUT2D eigenvalue weighted by Crippen LogP contribution is -1.94. The number of hydrogen-bond acceptors (Lipinski definition) is 3. The molecule has 0 aliphatic heterocycles. The minimum absolute atomic E-state index is 0.579. The van der Waals surface area contributed by atoms with E-state index in [0.717, 1.165) is 44.3 Å². The van der Waals surface area contributed by atoms with Gasteiger partial charge in [-0.3, -0.25) is 4.57 Å². The Kier molecular flexibility index (Phi) is 5.23. The molecule has 0 saturated heterocycles. The number of thiophene rings is 1. The van der Waals surface area contributed by atoms with Gasteiger partial charge in [0, 0.05) is 47.4 Å². The SMILES string of the molecule is c1ccc(-n2c3ccccc3c3ccc(-c4ccc5c6ccccc6n(-c6nc7c(ccc8sc9ccccc9c87)o6)c5c4)cc32)cc1. The summed E-state index contributed by atoms with van der Waals surface area (Å²) in [5, 5.41) is 7.21. The van der Waals surface area contributed by atoms with Crippen molar-refractivity contribution in [1.29, 1.82) is 0 Å². The lowest BCUT2D eigenvalue weighted by Gasteiger charge is -2.09. The minimum Gasteiger partial charge on any atom is -0.423 e. The Morgan fingerprint density at radius 1 is 0.458 bits per heavy atom. The van der Waals surface area contributed by atoms with Crippen LogP contribution in [-0.2, 0) is 0 Å². The molecule has 48 heavy (non-hydrogen) atoms. The summed E-state index contributed by atoms with van der Waals surface area (Å²) in [4.78, 5) is 5.22. The number of benzene rings is 7. The third kappa shape index (κ3) is 3.56. The molecule has 0 unspecified atom stereocenters. The highest BCUT2D eigenvalue weighted by molar-refractivity contribution is 7.26. The fourth-order valence-electron chi connectivity index (χ4n) is 7.65. The van der Waals surface area contributed by atoms with Gasteiger partial charge in [0.2, 0.25) is 0 Å². The first kappa shape index (κ1) is 26.0. The summed E-state index contributed by atoms with van der Waals surface area (Å²) in [6.45, 7) is 0. The second-order valence-electron chi connectivity index (χ2n) is 12.4. The van der Waals surface area contributed by atoms with Crippen molar-refractivity contribution in [3.8, 4) is 22.8 Å². The van der Waals surface area contributed by atoms with Crippen LogP contribution in [0, 0.1) is 0 Å². The first-order chi connectivity index (χ1) is 23.8. The van der Waals surface area contributed by atoms with Crippen LogP contribution < -0.4 is 0 Å². The third-order valence-corrected chi connectivity index (χ3v) is 10.9. The van der Waals surface area contributed by atoms with Crippen molar-refractivity contribution < 1.29 is 4.42 Å². The molecule has 11 rings (SSSR count). The van der Waals surface area contributed by atoms with E-state index in [-0.39, 0.29) is 0 Å². The highest BCUT2D eigenvalue weighted by Crippen LogP contribution is 2.41. The number of rotatable bonds is 3. The highest BCUT2D eigenvalue weighted by Gasteiger charge is 2.20. The standard InChI is InChI=1S/C43H25N3OS/c1-2-10-28(11-3-1)45-34-15-7-4-12-29(34)31-20-18-26(24-36(31)45)27-19-21-32-30-13-5-8-16-35(30)46(37(32)25-27)43-44-42-38(47-43)22-23-40-41(42)33-14-6-9-17-39(33)48-40/h1-25H. The smallest absolute Gasteiger partial charge is 0.307 e. The summed E-state index contributed by atoms with van der Waals surface area (Å²) < 4.78 is 13.6. The van der Waals surface area contributed by atoms with E-state index in [9.17, 15) is 0 Å². The van der Waals surface area contributed by atoms with E-state index in [0.29, 0.717) is 6.01 Å². The Labute approximate surface area is 278 Å². The summed E-state index contributed by atoms with van der Waals surface area (Å²) in [6, 6.07) is 54.8. The second kappa shape index (κ2) is 9.67. The van der Waals surface area contributed by atoms with Gasteiger partial charge in [0.15, 0.2) is 5.58 Å². The van der Waals surface area contributed by atoms with Crippen molar-refractivity contribution in [3.63, 3.8) is 0 Å². The first-order valence-electron chi connectivity index (χ1n) is 16.1. The maximum Gasteiger partial charge on any atom is 0.307 e. The lowest BCUT2D eigenvalue weighted by atomic mass is 10.0. The molecule has 0 bridgehead atoms. The van der Waals surface area contributed by atoms with Crippen molar-refractivity contribution >= 4 is 86.2 Å². The minimum atomic E-state index is 0.579. The Hall–Kier alpha value is -6.17. The Morgan fingerprint density at radius 3 is 1.77 bits per heavy atom. The zero-order chi connectivity index (χ0) is 31.3. The van der Waals surface area contributed by atoms with Gasteiger partial charge in [-0.05, 0) is 65.7 Å². The Bertz CT molecular complexity index is 3070. The van der Waals surface area contributed by atoms with Crippen LogP contribution in [0.25, 0.3) is 97.7 Å². The summed E-state index contributed by atoms with van der Waals surface area (Å²) in [6.07, 6.45) is 0. The van der Waals surface area contributed by atoms with Crippen molar-refractivity contribution in [1.82, 2.24) is 14.1 Å². The first-order valence-corrected chi connectivity index (χ1v) is 17.0. The third-order valence-electron chi connectivity index (χ3n) is 9.77. The summed E-state index contributed by atoms with van der Waals surface area (Å²) in [5.74, 6) is 0. The topological polar surface area (TPSA) is 35.9 Å². The molecule has 0 amide bonds. The van der Waals surface area contributed by atoms with E-state index in [1.807, 2.05) is 0 Å². The number of para-hydroxylation sites is 3. The molecule has 0 fully saturated rings. The van der Waals surface area contributed by atoms with Gasteiger partial charge in [0.25, 0.3) is 0 Å². The van der Waals surface area contributed by atoms with Gasteiger partial charge >= 0.3 is 6.01 Å². The average molecular weight is 632 g/mol. The second-order valence-corrected chi connectivity index (χ2v) is 13.5. The number of nitrogens with zero attached hydrogens (tertiary/aromatic N) is 3. The normalized spacial score (nSPS) is 12.2. The zero-order valence-corrected chi connectivity index (χ0v) is 26.4. The monoisotopic (exact) mass is 631 g/mol. The van der Waals surface area contributed by atoms with E-state index in [4.69, 9.17) is 9.40 Å². The molecule has 0 radical (unpaired) electrons. The van der Waals surface area contributed by atoms with Crippen molar-refractivity contribution in [2.75, 3.05) is 0 Å². The van der Waals surface area contributed by atoms with E-state index < -0.39 is 0 Å². The summed E-state index contributed by atoms with van der Waals surface area (Å²) in [5.41, 5.74) is 9.67. The van der Waals surface area contributed by atoms with Crippen LogP contribution in [-0.4, -0.2) is 14.1 Å². The van der Waals surface area contributed by atoms with Crippen molar-refractivity contribution in [2.45, 2.75) is 0 Å². The van der Waals surface area contributed by atoms with Crippen LogP contribution in [0.4, 0.5) is 0 Å². The molecule has 11 aromatic rings. The predicted molar refractivity (Wildman–Crippen MR) is 201 cm³/mol. The van der Waals surface area contributed by atoms with Gasteiger partial charge < -0.3 is 8.98 Å². The highest BCUT2D eigenvalue weighted by atomic mass is 32.1. The maximum absolute atomic E-state index is 6.61. The molecule has 7 aromatic carbocycles. The molecule has 4 heterocycles. The largest absolute Gasteiger partial charge is 0.423 e. The van der Waals surface area contributed by atoms with Crippen LogP contribution >= 0.6 is 11.3 Å². The molecule has 0 aliphatic rings. The van der Waals surface area contributed by atoms with Gasteiger partial charge in [0.05, 0.1) is 22.1 Å². The molecular formula is C43H25N3OS. The molecular weight excluding hydrogens is 607 g/mol. The summed E-state index contributed by atoms with van der Waals surface area (Å²) >= 11 is 1.80. The molecule has 0 spiro atoms. The van der Waals surface area contributed by atoms with Crippen molar-refractivity contribution in [3.05, 3.63) is 152 Å². The Morgan fingerprint density at radius 2 is 1.04 bits per heavy atom. The molecule has 0 N–H and O–H groups in total. The van der Waals surface area contributed by atoms with E-state index in [2.05, 4.69) is 161 Å². The lowest BCUT2D eigenvalue weighted by molar-refractivity contribution is 0.574. The predicted octanol–water partition coefficient (Wildman–Crippen LogP) is 12.1. The molecule has 5 heteroatoms. The average Bonchev–Trinajstić information content (AvgIpc) is 3.90. The fraction of sp³-hybridized carbons (Fsp3) is 0. The zero-order valence-electron chi connectivity index (χ0n) is 25.6. The van der Waals surface area contributed by atoms with Gasteiger partial charge in [-0.25, -0.2) is 0 Å². The maximum atomic E-state index is 6.61. The van der Waals surface area contributed by atoms with Crippen LogP contribution in [0.15, 0.2) is 156 Å². The van der Waals surface area contributed by atoms with Gasteiger partial charge in [-0.2, -0.15) is 4.98 Å². The van der Waals surface area contributed by atoms with E-state index >= 15 is 0 Å². The van der Waals surface area contributed by atoms with Crippen molar-refractivity contribution in [2.24, 2.45) is 0 Å². The van der Waals surface area contributed by atoms with Crippen LogP contribution in [0.5, 0.6) is 0 Å². The molecule has 0 saturated carbocycles. The van der Waals surface area contributed by atoms with E-state index in [1.54, 1.807) is 11.3 Å². The van der Waals surface area contributed by atoms with Crippen LogP contribution in [0.2, 0.25) is 0 Å².